The van der Waals surface area contributed by atoms with Crippen molar-refractivity contribution in [2.24, 2.45) is 5.92 Å². The zero-order chi connectivity index (χ0) is 13.8. The molecular formula is C13H21NO5. The van der Waals surface area contributed by atoms with Crippen molar-refractivity contribution in [1.29, 1.82) is 0 Å². The lowest BCUT2D eigenvalue weighted by Crippen LogP contribution is -2.39. The molecule has 2 aliphatic heterocycles. The first kappa shape index (κ1) is 14.3. The summed E-state index contributed by atoms with van der Waals surface area (Å²) in [5.74, 6) is -1.02. The number of carbonyl (C=O) groups is 2. The van der Waals surface area contributed by atoms with Crippen LogP contribution in [0.3, 0.4) is 0 Å². The van der Waals surface area contributed by atoms with Crippen molar-refractivity contribution in [3.05, 3.63) is 0 Å². The summed E-state index contributed by atoms with van der Waals surface area (Å²) in [5, 5.41) is 11.7. The highest BCUT2D eigenvalue weighted by Gasteiger charge is 2.34. The Kier molecular flexibility index (Phi) is 4.76. The topological polar surface area (TPSA) is 84.9 Å². The molecule has 4 atom stereocenters. The van der Waals surface area contributed by atoms with Gasteiger partial charge in [-0.2, -0.15) is 0 Å². The van der Waals surface area contributed by atoms with Crippen LogP contribution >= 0.6 is 0 Å². The van der Waals surface area contributed by atoms with Gasteiger partial charge in [0, 0.05) is 13.2 Å². The van der Waals surface area contributed by atoms with Gasteiger partial charge in [0.05, 0.1) is 18.1 Å². The number of hydrogen-bond donors (Lipinski definition) is 2. The fourth-order valence-electron chi connectivity index (χ4n) is 2.73. The molecular weight excluding hydrogens is 250 g/mol. The standard InChI is InChI=1S/C13H21NO5/c1-2-10-9(5-6-18-10)12(15)14-7-8-3-4-11(19-8)13(16)17/h8-11H,2-7H2,1H3,(H,14,15)(H,16,17). The summed E-state index contributed by atoms with van der Waals surface area (Å²) in [4.78, 5) is 22.8. The summed E-state index contributed by atoms with van der Waals surface area (Å²) in [6.07, 6.45) is 1.88. The molecule has 19 heavy (non-hydrogen) atoms. The van der Waals surface area contributed by atoms with Crippen LogP contribution in [0.25, 0.3) is 0 Å². The van der Waals surface area contributed by atoms with Crippen molar-refractivity contribution >= 4 is 11.9 Å². The van der Waals surface area contributed by atoms with Crippen molar-refractivity contribution in [3.63, 3.8) is 0 Å². The second-order valence-corrected chi connectivity index (χ2v) is 5.12. The van der Waals surface area contributed by atoms with Gasteiger partial charge in [-0.25, -0.2) is 4.79 Å². The number of aliphatic carboxylic acids is 1. The molecule has 2 fully saturated rings. The fraction of sp³-hybridized carbons (Fsp3) is 0.846. The van der Waals surface area contributed by atoms with Crippen molar-refractivity contribution in [2.75, 3.05) is 13.2 Å². The fourth-order valence-corrected chi connectivity index (χ4v) is 2.73. The van der Waals surface area contributed by atoms with E-state index in [1.165, 1.54) is 0 Å². The lowest BCUT2D eigenvalue weighted by molar-refractivity contribution is -0.149. The van der Waals surface area contributed by atoms with Crippen LogP contribution in [-0.4, -0.2) is 48.4 Å². The SMILES string of the molecule is CCC1OCCC1C(=O)NCC1CCC(C(=O)O)O1. The van der Waals surface area contributed by atoms with E-state index in [9.17, 15) is 9.59 Å². The van der Waals surface area contributed by atoms with E-state index in [4.69, 9.17) is 14.6 Å². The Bertz CT molecular complexity index is 346. The van der Waals surface area contributed by atoms with Gasteiger partial charge in [0.1, 0.15) is 0 Å². The molecule has 2 N–H and O–H groups in total. The normalized spacial score (nSPS) is 34.4. The second-order valence-electron chi connectivity index (χ2n) is 5.12. The Morgan fingerprint density at radius 3 is 2.74 bits per heavy atom. The molecule has 2 aliphatic rings. The Morgan fingerprint density at radius 2 is 2.11 bits per heavy atom. The van der Waals surface area contributed by atoms with E-state index in [1.54, 1.807) is 0 Å². The number of rotatable bonds is 5. The Hall–Kier alpha value is -1.14. The van der Waals surface area contributed by atoms with Crippen molar-refractivity contribution < 1.29 is 24.2 Å². The number of carboxylic acids is 1. The van der Waals surface area contributed by atoms with Crippen LogP contribution in [0.2, 0.25) is 0 Å². The zero-order valence-corrected chi connectivity index (χ0v) is 11.1. The molecule has 0 bridgehead atoms. The lowest BCUT2D eigenvalue weighted by atomic mass is 9.98. The molecule has 2 heterocycles. The molecule has 0 aromatic rings. The van der Waals surface area contributed by atoms with Crippen molar-refractivity contribution in [1.82, 2.24) is 5.32 Å². The minimum Gasteiger partial charge on any atom is -0.479 e. The zero-order valence-electron chi connectivity index (χ0n) is 11.1. The lowest BCUT2D eigenvalue weighted by Gasteiger charge is -2.18. The predicted molar refractivity (Wildman–Crippen MR) is 66.7 cm³/mol. The summed E-state index contributed by atoms with van der Waals surface area (Å²) >= 11 is 0. The third-order valence-electron chi connectivity index (χ3n) is 3.84. The minimum atomic E-state index is -0.927. The summed E-state index contributed by atoms with van der Waals surface area (Å²) in [7, 11) is 0. The van der Waals surface area contributed by atoms with Crippen LogP contribution in [-0.2, 0) is 19.1 Å². The number of hydrogen-bond acceptors (Lipinski definition) is 4. The minimum absolute atomic E-state index is 0.00766. The van der Waals surface area contributed by atoms with E-state index in [-0.39, 0.29) is 24.0 Å². The van der Waals surface area contributed by atoms with Crippen molar-refractivity contribution in [3.8, 4) is 0 Å². The quantitative estimate of drug-likeness (QED) is 0.762. The van der Waals surface area contributed by atoms with Gasteiger partial charge in [0.15, 0.2) is 6.10 Å². The van der Waals surface area contributed by atoms with Crippen LogP contribution in [0.1, 0.15) is 32.6 Å². The third kappa shape index (κ3) is 3.45. The number of carbonyl (C=O) groups excluding carboxylic acids is 1. The third-order valence-corrected chi connectivity index (χ3v) is 3.84. The number of ether oxygens (including phenoxy) is 2. The molecule has 6 nitrogen and oxygen atoms in total. The highest BCUT2D eigenvalue weighted by Crippen LogP contribution is 2.24. The maximum absolute atomic E-state index is 12.0. The first-order valence-electron chi connectivity index (χ1n) is 6.89. The number of amides is 1. The average molecular weight is 271 g/mol. The first-order chi connectivity index (χ1) is 9.11. The summed E-state index contributed by atoms with van der Waals surface area (Å²) < 4.78 is 10.8. The Labute approximate surface area is 112 Å². The first-order valence-corrected chi connectivity index (χ1v) is 6.89. The van der Waals surface area contributed by atoms with Crippen LogP contribution < -0.4 is 5.32 Å². The largest absolute Gasteiger partial charge is 0.479 e. The monoisotopic (exact) mass is 271 g/mol. The van der Waals surface area contributed by atoms with Crippen molar-refractivity contribution in [2.45, 2.75) is 50.9 Å². The number of carboxylic acid groups (broad SMARTS) is 1. The average Bonchev–Trinajstić information content (AvgIpc) is 3.04. The van der Waals surface area contributed by atoms with Gasteiger partial charge in [-0.05, 0) is 25.7 Å². The van der Waals surface area contributed by atoms with Crippen LogP contribution in [0, 0.1) is 5.92 Å². The smallest absolute Gasteiger partial charge is 0.332 e. The second kappa shape index (κ2) is 6.34. The van der Waals surface area contributed by atoms with E-state index < -0.39 is 12.1 Å². The summed E-state index contributed by atoms with van der Waals surface area (Å²) in [6, 6.07) is 0. The molecule has 4 unspecified atom stereocenters. The molecule has 0 aromatic carbocycles. The van der Waals surface area contributed by atoms with E-state index in [2.05, 4.69) is 5.32 Å². The highest BCUT2D eigenvalue weighted by atomic mass is 16.5. The molecule has 2 saturated heterocycles. The molecule has 108 valence electrons. The molecule has 0 radical (unpaired) electrons. The maximum atomic E-state index is 12.0. The van der Waals surface area contributed by atoms with Crippen LogP contribution in [0.4, 0.5) is 0 Å². The van der Waals surface area contributed by atoms with E-state index >= 15 is 0 Å². The van der Waals surface area contributed by atoms with Gasteiger partial charge in [-0.15, -0.1) is 0 Å². The Morgan fingerprint density at radius 1 is 1.32 bits per heavy atom. The molecule has 2 rings (SSSR count). The van der Waals surface area contributed by atoms with E-state index in [1.807, 2.05) is 6.92 Å². The van der Waals surface area contributed by atoms with Crippen LogP contribution in [0.5, 0.6) is 0 Å². The molecule has 0 spiro atoms. The van der Waals surface area contributed by atoms with E-state index in [0.29, 0.717) is 26.0 Å². The number of nitrogens with one attached hydrogen (secondary N) is 1. The van der Waals surface area contributed by atoms with E-state index in [0.717, 1.165) is 12.8 Å². The molecule has 0 aromatic heterocycles. The predicted octanol–water partition coefficient (Wildman–Crippen LogP) is 0.550. The van der Waals surface area contributed by atoms with Gasteiger partial charge in [-0.3, -0.25) is 4.79 Å². The van der Waals surface area contributed by atoms with Crippen LogP contribution in [0.15, 0.2) is 0 Å². The summed E-state index contributed by atoms with van der Waals surface area (Å²) in [5.41, 5.74) is 0. The molecule has 6 heteroatoms. The summed E-state index contributed by atoms with van der Waals surface area (Å²) in [6.45, 7) is 3.03. The highest BCUT2D eigenvalue weighted by molar-refractivity contribution is 5.79. The van der Waals surface area contributed by atoms with Gasteiger partial charge in [-0.1, -0.05) is 6.92 Å². The van der Waals surface area contributed by atoms with Gasteiger partial charge in [0.2, 0.25) is 5.91 Å². The maximum Gasteiger partial charge on any atom is 0.332 e. The molecule has 0 saturated carbocycles. The van der Waals surface area contributed by atoms with Gasteiger partial charge in [0.25, 0.3) is 0 Å². The molecule has 0 aliphatic carbocycles. The Balaban J connectivity index is 1.74. The van der Waals surface area contributed by atoms with Gasteiger partial charge < -0.3 is 19.9 Å². The van der Waals surface area contributed by atoms with Gasteiger partial charge >= 0.3 is 5.97 Å². The molecule has 1 amide bonds.